The van der Waals surface area contributed by atoms with Crippen LogP contribution in [0.15, 0.2) is 0 Å². The van der Waals surface area contributed by atoms with Crippen molar-refractivity contribution in [2.45, 2.75) is 32.7 Å². The van der Waals surface area contributed by atoms with E-state index in [-0.39, 0.29) is 18.5 Å². The molecule has 5 nitrogen and oxygen atoms in total. The van der Waals surface area contributed by atoms with Gasteiger partial charge < -0.3 is 15.3 Å². The molecule has 0 saturated carbocycles. The summed E-state index contributed by atoms with van der Waals surface area (Å²) in [6.07, 6.45) is 0.836. The van der Waals surface area contributed by atoms with E-state index >= 15 is 0 Å². The number of nitrogens with one attached hydrogen (secondary N) is 1. The van der Waals surface area contributed by atoms with Crippen LogP contribution < -0.4 is 5.32 Å². The first kappa shape index (κ1) is 12.7. The minimum absolute atomic E-state index is 0.0499. The first-order valence-electron chi connectivity index (χ1n) is 4.70. The monoisotopic (exact) mass is 202 g/mol. The van der Waals surface area contributed by atoms with E-state index in [2.05, 4.69) is 5.32 Å². The molecule has 0 bridgehead atoms. The van der Waals surface area contributed by atoms with Crippen LogP contribution in [0.3, 0.4) is 0 Å². The van der Waals surface area contributed by atoms with Crippen LogP contribution in [0.1, 0.15) is 26.7 Å². The normalized spacial score (nSPS) is 11.9. The van der Waals surface area contributed by atoms with E-state index in [4.69, 9.17) is 5.11 Å². The number of urea groups is 1. The average molecular weight is 202 g/mol. The number of hydrogen-bond acceptors (Lipinski definition) is 2. The summed E-state index contributed by atoms with van der Waals surface area (Å²) in [7, 11) is 1.69. The van der Waals surface area contributed by atoms with Crippen LogP contribution in [-0.2, 0) is 4.79 Å². The lowest BCUT2D eigenvalue weighted by Gasteiger charge is -2.19. The Labute approximate surface area is 84.1 Å². The van der Waals surface area contributed by atoms with Crippen LogP contribution in [0.5, 0.6) is 0 Å². The molecule has 14 heavy (non-hydrogen) atoms. The third-order valence-corrected chi connectivity index (χ3v) is 1.76. The quantitative estimate of drug-likeness (QED) is 0.696. The van der Waals surface area contributed by atoms with Gasteiger partial charge in [-0.3, -0.25) is 4.79 Å². The fraction of sp³-hybridized carbons (Fsp3) is 0.778. The van der Waals surface area contributed by atoms with E-state index in [1.165, 1.54) is 0 Å². The molecule has 0 aromatic heterocycles. The molecule has 2 amide bonds. The zero-order valence-corrected chi connectivity index (χ0v) is 8.91. The van der Waals surface area contributed by atoms with Crippen LogP contribution in [0.2, 0.25) is 0 Å². The predicted octanol–water partition coefficient (Wildman–Crippen LogP) is 0.901. The van der Waals surface area contributed by atoms with Gasteiger partial charge >= 0.3 is 12.0 Å². The maximum Gasteiger partial charge on any atom is 0.317 e. The lowest BCUT2D eigenvalue weighted by molar-refractivity contribution is -0.137. The summed E-state index contributed by atoms with van der Waals surface area (Å²) in [6.45, 7) is 4.32. The van der Waals surface area contributed by atoms with Crippen molar-refractivity contribution in [2.75, 3.05) is 13.6 Å². The molecule has 0 aliphatic carbocycles. The van der Waals surface area contributed by atoms with Crippen molar-refractivity contribution in [3.63, 3.8) is 0 Å². The Morgan fingerprint density at radius 2 is 2.07 bits per heavy atom. The summed E-state index contributed by atoms with van der Waals surface area (Å²) in [4.78, 5) is 23.2. The first-order valence-corrected chi connectivity index (χ1v) is 4.70. The van der Waals surface area contributed by atoms with E-state index in [1.54, 1.807) is 18.9 Å². The molecule has 0 saturated heterocycles. The van der Waals surface area contributed by atoms with Crippen molar-refractivity contribution in [1.29, 1.82) is 0 Å². The molecule has 0 aromatic carbocycles. The van der Waals surface area contributed by atoms with Gasteiger partial charge in [0, 0.05) is 19.6 Å². The minimum Gasteiger partial charge on any atom is -0.481 e. The number of hydrogen-bond donors (Lipinski definition) is 2. The highest BCUT2D eigenvalue weighted by Gasteiger charge is 2.13. The fourth-order valence-corrected chi connectivity index (χ4v) is 1.07. The number of carbonyl (C=O) groups is 2. The molecule has 2 N–H and O–H groups in total. The third-order valence-electron chi connectivity index (χ3n) is 1.76. The van der Waals surface area contributed by atoms with Crippen LogP contribution in [-0.4, -0.2) is 41.6 Å². The Hall–Kier alpha value is -1.26. The summed E-state index contributed by atoms with van der Waals surface area (Å²) in [5, 5.41) is 11.1. The van der Waals surface area contributed by atoms with Crippen LogP contribution in [0, 0.1) is 0 Å². The van der Waals surface area contributed by atoms with E-state index in [0.29, 0.717) is 6.54 Å². The Morgan fingerprint density at radius 3 is 2.50 bits per heavy atom. The topological polar surface area (TPSA) is 69.6 Å². The second kappa shape index (κ2) is 6.23. The summed E-state index contributed by atoms with van der Waals surface area (Å²) in [6, 6.07) is -0.556. The molecule has 1 atom stereocenters. The van der Waals surface area contributed by atoms with Crippen molar-refractivity contribution in [2.24, 2.45) is 0 Å². The molecule has 0 aromatic rings. The molecule has 0 rings (SSSR count). The Kier molecular flexibility index (Phi) is 5.67. The predicted molar refractivity (Wildman–Crippen MR) is 53.2 cm³/mol. The highest BCUT2D eigenvalue weighted by molar-refractivity contribution is 5.75. The van der Waals surface area contributed by atoms with Crippen LogP contribution in [0.4, 0.5) is 4.79 Å². The highest BCUT2D eigenvalue weighted by Crippen LogP contribution is 1.93. The largest absolute Gasteiger partial charge is 0.481 e. The maximum atomic E-state index is 11.3. The van der Waals surface area contributed by atoms with Crippen LogP contribution in [0.25, 0.3) is 0 Å². The van der Waals surface area contributed by atoms with E-state index in [0.717, 1.165) is 6.42 Å². The van der Waals surface area contributed by atoms with Gasteiger partial charge in [-0.25, -0.2) is 4.79 Å². The van der Waals surface area contributed by atoms with Gasteiger partial charge in [0.15, 0.2) is 0 Å². The molecule has 0 radical (unpaired) electrons. The lowest BCUT2D eigenvalue weighted by atomic mass is 10.2. The number of carboxylic acids is 1. The summed E-state index contributed by atoms with van der Waals surface area (Å²) < 4.78 is 0. The van der Waals surface area contributed by atoms with E-state index in [9.17, 15) is 9.59 Å². The smallest absolute Gasteiger partial charge is 0.317 e. The van der Waals surface area contributed by atoms with E-state index in [1.807, 2.05) is 6.92 Å². The van der Waals surface area contributed by atoms with Gasteiger partial charge in [0.2, 0.25) is 0 Å². The Morgan fingerprint density at radius 1 is 1.50 bits per heavy atom. The number of nitrogens with zero attached hydrogens (tertiary/aromatic N) is 1. The Balaban J connectivity index is 3.86. The molecule has 0 spiro atoms. The molecule has 5 heteroatoms. The zero-order chi connectivity index (χ0) is 11.1. The van der Waals surface area contributed by atoms with Crippen molar-refractivity contribution in [3.05, 3.63) is 0 Å². The number of amides is 2. The van der Waals surface area contributed by atoms with Gasteiger partial charge in [-0.15, -0.1) is 0 Å². The number of carbonyl (C=O) groups excluding carboxylic acids is 1. The van der Waals surface area contributed by atoms with E-state index < -0.39 is 5.97 Å². The summed E-state index contributed by atoms with van der Waals surface area (Å²) in [5.41, 5.74) is 0. The van der Waals surface area contributed by atoms with Crippen molar-refractivity contribution < 1.29 is 14.7 Å². The molecule has 0 aliphatic heterocycles. The molecule has 0 fully saturated rings. The van der Waals surface area contributed by atoms with Gasteiger partial charge in [0.05, 0.1) is 6.42 Å². The van der Waals surface area contributed by atoms with Gasteiger partial charge in [0.25, 0.3) is 0 Å². The fourth-order valence-electron chi connectivity index (χ4n) is 1.07. The first-order chi connectivity index (χ1) is 6.47. The van der Waals surface area contributed by atoms with Gasteiger partial charge in [0.1, 0.15) is 0 Å². The molecule has 82 valence electrons. The van der Waals surface area contributed by atoms with Gasteiger partial charge in [-0.05, 0) is 13.3 Å². The molecule has 0 aliphatic rings. The molecule has 0 heterocycles. The zero-order valence-electron chi connectivity index (χ0n) is 8.91. The number of aliphatic carboxylic acids is 1. The second-order valence-electron chi connectivity index (χ2n) is 3.37. The van der Waals surface area contributed by atoms with Gasteiger partial charge in [-0.2, -0.15) is 0 Å². The number of carboxylic acid groups (broad SMARTS) is 1. The van der Waals surface area contributed by atoms with Gasteiger partial charge in [-0.1, -0.05) is 6.92 Å². The second-order valence-corrected chi connectivity index (χ2v) is 3.37. The molecular formula is C9H18N2O3. The average Bonchev–Trinajstić information content (AvgIpc) is 2.02. The standard InChI is InChI=1S/C9H18N2O3/c1-4-5-11(3)9(14)10-7(2)6-8(12)13/h7H,4-6H2,1-3H3,(H,10,14)(H,12,13). The SMILES string of the molecule is CCCN(C)C(=O)NC(C)CC(=O)O. The van der Waals surface area contributed by atoms with Crippen molar-refractivity contribution in [3.8, 4) is 0 Å². The van der Waals surface area contributed by atoms with Crippen molar-refractivity contribution in [1.82, 2.24) is 10.2 Å². The molecular weight excluding hydrogens is 184 g/mol. The maximum absolute atomic E-state index is 11.3. The highest BCUT2D eigenvalue weighted by atomic mass is 16.4. The lowest BCUT2D eigenvalue weighted by Crippen LogP contribution is -2.42. The number of rotatable bonds is 5. The van der Waals surface area contributed by atoms with Crippen molar-refractivity contribution >= 4 is 12.0 Å². The minimum atomic E-state index is -0.907. The van der Waals surface area contributed by atoms with Crippen LogP contribution >= 0.6 is 0 Å². The molecule has 1 unspecified atom stereocenters. The Bertz CT molecular complexity index is 206. The third kappa shape index (κ3) is 5.40. The summed E-state index contributed by atoms with van der Waals surface area (Å²) >= 11 is 0. The summed E-state index contributed by atoms with van der Waals surface area (Å²) in [5.74, 6) is -0.907.